The molecule has 0 aliphatic carbocycles. The van der Waals surface area contributed by atoms with Crippen LogP contribution in [0.25, 0.3) is 0 Å². The van der Waals surface area contributed by atoms with Crippen LogP contribution in [-0.4, -0.2) is 12.1 Å². The van der Waals surface area contributed by atoms with Crippen molar-refractivity contribution in [1.29, 1.82) is 0 Å². The zero-order valence-corrected chi connectivity index (χ0v) is 11.2. The maximum atomic E-state index is 6.08. The molecule has 0 radical (unpaired) electrons. The topological polar surface area (TPSA) is 48.1 Å². The van der Waals surface area contributed by atoms with Crippen LogP contribution in [0.15, 0.2) is 18.2 Å². The molecule has 0 aliphatic rings. The van der Waals surface area contributed by atoms with E-state index in [1.165, 1.54) is 16.2 Å². The fraction of sp³-hybridized carbons (Fsp3) is 0.250. The van der Waals surface area contributed by atoms with Crippen molar-refractivity contribution >= 4 is 28.1 Å². The molecule has 0 fully saturated rings. The van der Waals surface area contributed by atoms with E-state index in [4.69, 9.17) is 22.1 Å². The van der Waals surface area contributed by atoms with Crippen LogP contribution < -0.4 is 10.5 Å². The number of benzene rings is 1. The van der Waals surface area contributed by atoms with Gasteiger partial charge in [0.25, 0.3) is 0 Å². The van der Waals surface area contributed by atoms with Gasteiger partial charge in [0, 0.05) is 11.3 Å². The molecule has 2 rings (SSSR count). The van der Waals surface area contributed by atoms with E-state index in [0.717, 1.165) is 17.7 Å². The monoisotopic (exact) mass is 268 g/mol. The van der Waals surface area contributed by atoms with Crippen LogP contribution in [-0.2, 0) is 6.42 Å². The third-order valence-electron chi connectivity index (χ3n) is 2.49. The summed E-state index contributed by atoms with van der Waals surface area (Å²) in [5, 5.41) is 1.23. The Balaban J connectivity index is 2.24. The van der Waals surface area contributed by atoms with Gasteiger partial charge in [-0.05, 0) is 24.6 Å². The molecule has 90 valence electrons. The van der Waals surface area contributed by atoms with Gasteiger partial charge in [-0.25, -0.2) is 4.98 Å². The Bertz CT molecular complexity index is 539. The van der Waals surface area contributed by atoms with E-state index in [1.54, 1.807) is 7.11 Å². The third-order valence-corrected chi connectivity index (χ3v) is 3.77. The van der Waals surface area contributed by atoms with Crippen LogP contribution in [0, 0.1) is 6.92 Å². The lowest BCUT2D eigenvalue weighted by Crippen LogP contribution is -1.90. The molecule has 1 aromatic heterocycles. The third kappa shape index (κ3) is 2.70. The lowest BCUT2D eigenvalue weighted by atomic mass is 10.1. The number of thiazole rings is 1. The number of aromatic nitrogens is 1. The molecule has 0 unspecified atom stereocenters. The van der Waals surface area contributed by atoms with Gasteiger partial charge in [0.15, 0.2) is 5.13 Å². The first kappa shape index (κ1) is 12.2. The molecule has 1 heterocycles. The van der Waals surface area contributed by atoms with E-state index in [0.29, 0.717) is 15.9 Å². The number of nitrogens with zero attached hydrogens (tertiary/aromatic N) is 1. The maximum Gasteiger partial charge on any atom is 0.180 e. The molecule has 0 atom stereocenters. The normalized spacial score (nSPS) is 10.5. The lowest BCUT2D eigenvalue weighted by Gasteiger charge is -2.05. The van der Waals surface area contributed by atoms with Gasteiger partial charge in [-0.15, -0.1) is 11.3 Å². The summed E-state index contributed by atoms with van der Waals surface area (Å²) in [5.74, 6) is 0.691. The zero-order chi connectivity index (χ0) is 12.4. The van der Waals surface area contributed by atoms with Crippen molar-refractivity contribution in [3.8, 4) is 5.75 Å². The van der Waals surface area contributed by atoms with Crippen molar-refractivity contribution < 1.29 is 4.74 Å². The first-order valence-corrected chi connectivity index (χ1v) is 6.34. The van der Waals surface area contributed by atoms with Crippen molar-refractivity contribution in [2.45, 2.75) is 13.3 Å². The fourth-order valence-corrected chi connectivity index (χ4v) is 2.77. The number of rotatable bonds is 3. The summed E-state index contributed by atoms with van der Waals surface area (Å²) in [4.78, 5) is 5.37. The van der Waals surface area contributed by atoms with Gasteiger partial charge in [0.2, 0.25) is 0 Å². The van der Waals surface area contributed by atoms with Gasteiger partial charge in [0.05, 0.1) is 17.8 Å². The van der Waals surface area contributed by atoms with E-state index >= 15 is 0 Å². The smallest absolute Gasteiger partial charge is 0.180 e. The van der Waals surface area contributed by atoms with E-state index in [2.05, 4.69) is 4.98 Å². The van der Waals surface area contributed by atoms with Crippen LogP contribution in [0.1, 0.15) is 16.1 Å². The molecule has 0 saturated carbocycles. The first-order chi connectivity index (χ1) is 8.10. The van der Waals surface area contributed by atoms with Gasteiger partial charge < -0.3 is 10.5 Å². The molecule has 0 aliphatic heterocycles. The van der Waals surface area contributed by atoms with Gasteiger partial charge >= 0.3 is 0 Å². The van der Waals surface area contributed by atoms with E-state index < -0.39 is 0 Å². The van der Waals surface area contributed by atoms with E-state index in [1.807, 2.05) is 25.1 Å². The van der Waals surface area contributed by atoms with Crippen LogP contribution in [0.4, 0.5) is 5.13 Å². The van der Waals surface area contributed by atoms with Crippen molar-refractivity contribution in [3.63, 3.8) is 0 Å². The molecular weight excluding hydrogens is 256 g/mol. The quantitative estimate of drug-likeness (QED) is 0.929. The van der Waals surface area contributed by atoms with Crippen molar-refractivity contribution in [2.75, 3.05) is 12.8 Å². The Morgan fingerprint density at radius 1 is 1.47 bits per heavy atom. The zero-order valence-electron chi connectivity index (χ0n) is 9.66. The Labute approximate surface area is 109 Å². The predicted molar refractivity (Wildman–Crippen MR) is 72.1 cm³/mol. The van der Waals surface area contributed by atoms with E-state index in [-0.39, 0.29) is 0 Å². The summed E-state index contributed by atoms with van der Waals surface area (Å²) in [5.41, 5.74) is 7.78. The minimum atomic E-state index is 0.608. The average molecular weight is 269 g/mol. The molecule has 1 aromatic carbocycles. The SMILES string of the molecule is COc1ccc(Cc2sc(N)nc2C)cc1Cl. The Hall–Kier alpha value is -1.26. The second-order valence-electron chi connectivity index (χ2n) is 3.71. The highest BCUT2D eigenvalue weighted by Crippen LogP contribution is 2.28. The molecule has 0 spiro atoms. The number of anilines is 1. The number of aryl methyl sites for hydroxylation is 1. The summed E-state index contributed by atoms with van der Waals surface area (Å²) in [6.45, 7) is 1.97. The summed E-state index contributed by atoms with van der Waals surface area (Å²) >= 11 is 7.60. The van der Waals surface area contributed by atoms with Gasteiger partial charge in [0.1, 0.15) is 5.75 Å². The number of hydrogen-bond acceptors (Lipinski definition) is 4. The first-order valence-electron chi connectivity index (χ1n) is 5.14. The highest BCUT2D eigenvalue weighted by molar-refractivity contribution is 7.15. The van der Waals surface area contributed by atoms with Crippen LogP contribution in [0.2, 0.25) is 5.02 Å². The summed E-state index contributed by atoms with van der Waals surface area (Å²) in [6.07, 6.45) is 0.796. The molecule has 0 saturated heterocycles. The number of hydrogen-bond donors (Lipinski definition) is 1. The molecule has 3 nitrogen and oxygen atoms in total. The Morgan fingerprint density at radius 2 is 2.24 bits per heavy atom. The standard InChI is InChI=1S/C12H13ClN2OS/c1-7-11(17-12(14)15-7)6-8-3-4-10(16-2)9(13)5-8/h3-5H,6H2,1-2H3,(H2,14,15). The van der Waals surface area contributed by atoms with Gasteiger partial charge in [-0.1, -0.05) is 17.7 Å². The minimum Gasteiger partial charge on any atom is -0.495 e. The van der Waals surface area contributed by atoms with Gasteiger partial charge in [-0.3, -0.25) is 0 Å². The fourth-order valence-electron chi connectivity index (χ4n) is 1.62. The van der Waals surface area contributed by atoms with Crippen molar-refractivity contribution in [2.24, 2.45) is 0 Å². The lowest BCUT2D eigenvalue weighted by molar-refractivity contribution is 0.415. The number of nitrogen functional groups attached to an aromatic ring is 1. The average Bonchev–Trinajstić information content (AvgIpc) is 2.58. The second kappa shape index (κ2) is 4.94. The molecule has 5 heteroatoms. The number of methoxy groups -OCH3 is 1. The largest absolute Gasteiger partial charge is 0.495 e. The summed E-state index contributed by atoms with van der Waals surface area (Å²) < 4.78 is 5.12. The molecular formula is C12H13ClN2OS. The Morgan fingerprint density at radius 3 is 2.76 bits per heavy atom. The molecule has 0 bridgehead atoms. The number of halogens is 1. The molecule has 2 N–H and O–H groups in total. The van der Waals surface area contributed by atoms with Crippen molar-refractivity contribution in [1.82, 2.24) is 4.98 Å². The van der Waals surface area contributed by atoms with Crippen LogP contribution >= 0.6 is 22.9 Å². The molecule has 0 amide bonds. The number of nitrogens with two attached hydrogens (primary N) is 1. The highest BCUT2D eigenvalue weighted by atomic mass is 35.5. The van der Waals surface area contributed by atoms with Gasteiger partial charge in [-0.2, -0.15) is 0 Å². The van der Waals surface area contributed by atoms with Crippen LogP contribution in [0.3, 0.4) is 0 Å². The second-order valence-corrected chi connectivity index (χ2v) is 5.23. The van der Waals surface area contributed by atoms with Crippen molar-refractivity contribution in [3.05, 3.63) is 39.4 Å². The molecule has 17 heavy (non-hydrogen) atoms. The highest BCUT2D eigenvalue weighted by Gasteiger charge is 2.08. The van der Waals surface area contributed by atoms with E-state index in [9.17, 15) is 0 Å². The predicted octanol–water partition coefficient (Wildman–Crippen LogP) is 3.29. The minimum absolute atomic E-state index is 0.608. The van der Waals surface area contributed by atoms with Crippen LogP contribution in [0.5, 0.6) is 5.75 Å². The maximum absolute atomic E-state index is 6.08. The molecule has 2 aromatic rings. The number of ether oxygens (including phenoxy) is 1. The Kier molecular flexibility index (Phi) is 3.54. The summed E-state index contributed by atoms with van der Waals surface area (Å²) in [6, 6.07) is 5.78. The summed E-state index contributed by atoms with van der Waals surface area (Å²) in [7, 11) is 1.61.